The van der Waals surface area contributed by atoms with Crippen molar-refractivity contribution in [2.45, 2.75) is 43.8 Å². The average molecular weight is 335 g/mol. The van der Waals surface area contributed by atoms with Gasteiger partial charge in [-0.25, -0.2) is 9.19 Å². The van der Waals surface area contributed by atoms with E-state index in [1.54, 1.807) is 6.20 Å². The van der Waals surface area contributed by atoms with Crippen LogP contribution in [-0.2, 0) is 11.0 Å². The maximum Gasteiger partial charge on any atom is 0.147 e. The molecule has 0 fully saturated rings. The number of nitrogens with zero attached hydrogens (tertiary/aromatic N) is 1. The van der Waals surface area contributed by atoms with Crippen molar-refractivity contribution in [3.8, 4) is 0 Å². The summed E-state index contributed by atoms with van der Waals surface area (Å²) in [7, 11) is -1.41. The molecule has 0 aliphatic rings. The Morgan fingerprint density at radius 3 is 2.75 bits per heavy atom. The van der Waals surface area contributed by atoms with Gasteiger partial charge >= 0.3 is 0 Å². The van der Waals surface area contributed by atoms with E-state index >= 15 is 0 Å². The highest BCUT2D eigenvalue weighted by Gasteiger charge is 2.29. The van der Waals surface area contributed by atoms with Gasteiger partial charge in [0.1, 0.15) is 5.15 Å². The van der Waals surface area contributed by atoms with Crippen LogP contribution in [0.25, 0.3) is 0 Å². The second-order valence-corrected chi connectivity index (χ2v) is 7.77. The zero-order valence-corrected chi connectivity index (χ0v) is 14.1. The van der Waals surface area contributed by atoms with Crippen molar-refractivity contribution < 1.29 is 4.21 Å². The molecule has 0 saturated carbocycles. The summed E-state index contributed by atoms with van der Waals surface area (Å²) in [6.45, 7) is 7.52. The lowest BCUT2D eigenvalue weighted by Gasteiger charge is -2.28. The molecule has 0 bridgehead atoms. The van der Waals surface area contributed by atoms with Crippen LogP contribution in [0.4, 0.5) is 0 Å². The zero-order chi connectivity index (χ0) is 15.3. The number of hydrogen-bond acceptors (Lipinski definition) is 2. The van der Waals surface area contributed by atoms with E-state index < -0.39 is 15.7 Å². The molecule has 1 rings (SSSR count). The molecule has 0 aliphatic carbocycles. The third-order valence-corrected chi connectivity index (χ3v) is 5.35. The Morgan fingerprint density at radius 1 is 1.55 bits per heavy atom. The van der Waals surface area contributed by atoms with Gasteiger partial charge in [0.25, 0.3) is 0 Å². The monoisotopic (exact) mass is 334 g/mol. The smallest absolute Gasteiger partial charge is 0.147 e. The van der Waals surface area contributed by atoms with E-state index in [0.717, 1.165) is 18.4 Å². The number of allylic oxidation sites excluding steroid dienone is 1. The molecule has 1 aromatic heterocycles. The van der Waals surface area contributed by atoms with Crippen molar-refractivity contribution in [3.63, 3.8) is 0 Å². The van der Waals surface area contributed by atoms with Gasteiger partial charge in [-0.15, -0.1) is 6.58 Å². The van der Waals surface area contributed by atoms with E-state index in [1.165, 1.54) is 0 Å². The summed E-state index contributed by atoms with van der Waals surface area (Å²) in [4.78, 5) is 3.96. The topological polar surface area (TPSA) is 56.0 Å². The first kappa shape index (κ1) is 17.6. The molecule has 2 atom stereocenters. The van der Waals surface area contributed by atoms with E-state index in [2.05, 4.69) is 11.6 Å². The van der Waals surface area contributed by atoms with Crippen LogP contribution in [0.1, 0.15) is 44.6 Å². The van der Waals surface area contributed by atoms with Crippen molar-refractivity contribution in [1.29, 1.82) is 0 Å². The maximum atomic E-state index is 11.7. The highest BCUT2D eigenvalue weighted by atomic mass is 35.5. The summed E-state index contributed by atoms with van der Waals surface area (Å²) in [5, 5.41) is 6.33. The molecular weight excluding hydrogens is 315 g/mol. The Morgan fingerprint density at radius 2 is 2.20 bits per heavy atom. The molecule has 0 aliphatic heterocycles. The molecule has 0 aromatic carbocycles. The lowest BCUT2D eigenvalue weighted by Crippen LogP contribution is -2.33. The molecule has 1 unspecified atom stereocenters. The van der Waals surface area contributed by atoms with Gasteiger partial charge in [-0.2, -0.15) is 0 Å². The van der Waals surface area contributed by atoms with Crippen molar-refractivity contribution >= 4 is 34.2 Å². The minimum Gasteiger partial charge on any atom is -0.251 e. The molecular formula is C14H20Cl2N2OS. The van der Waals surface area contributed by atoms with Gasteiger partial charge in [-0.1, -0.05) is 29.3 Å². The Balaban J connectivity index is 3.09. The summed E-state index contributed by atoms with van der Waals surface area (Å²) < 4.78 is 11.2. The Kier molecular flexibility index (Phi) is 6.65. The molecule has 1 aromatic rings. The van der Waals surface area contributed by atoms with Crippen LogP contribution in [0.15, 0.2) is 24.9 Å². The van der Waals surface area contributed by atoms with Crippen LogP contribution >= 0.6 is 23.2 Å². The highest BCUT2D eigenvalue weighted by Crippen LogP contribution is 2.37. The van der Waals surface area contributed by atoms with Crippen molar-refractivity contribution in [2.75, 3.05) is 0 Å². The minimum atomic E-state index is -1.41. The average Bonchev–Trinajstić information content (AvgIpc) is 2.37. The summed E-state index contributed by atoms with van der Waals surface area (Å²) in [5.74, 6) is 0.114. The first-order valence-corrected chi connectivity index (χ1v) is 8.33. The predicted octanol–water partition coefficient (Wildman–Crippen LogP) is 4.23. The second-order valence-electron chi connectivity index (χ2n) is 5.33. The molecule has 0 radical (unpaired) electrons. The number of halogens is 2. The lowest BCUT2D eigenvalue weighted by molar-refractivity contribution is 0.496. The first-order valence-electron chi connectivity index (χ1n) is 6.36. The fraction of sp³-hybridized carbons (Fsp3) is 0.500. The Hall–Kier alpha value is -0.420. The van der Waals surface area contributed by atoms with Crippen molar-refractivity contribution in [2.24, 2.45) is 5.14 Å². The minimum absolute atomic E-state index is 0.114. The fourth-order valence-electron chi connectivity index (χ4n) is 2.11. The van der Waals surface area contributed by atoms with Gasteiger partial charge in [-0.05, 0) is 50.7 Å². The molecule has 0 saturated heterocycles. The summed E-state index contributed by atoms with van der Waals surface area (Å²) in [5.41, 5.74) is 0.923. The molecule has 2 N–H and O–H groups in total. The third kappa shape index (κ3) is 4.55. The molecule has 1 heterocycles. The van der Waals surface area contributed by atoms with Gasteiger partial charge in [-0.3, -0.25) is 5.14 Å². The largest absolute Gasteiger partial charge is 0.251 e. The summed E-state index contributed by atoms with van der Waals surface area (Å²) >= 11 is 12.2. The van der Waals surface area contributed by atoms with Gasteiger partial charge in [0.2, 0.25) is 0 Å². The number of hydrogen-bond donors (Lipinski definition) is 1. The van der Waals surface area contributed by atoms with Crippen LogP contribution in [0.5, 0.6) is 0 Å². The Labute approximate surface area is 133 Å². The van der Waals surface area contributed by atoms with Gasteiger partial charge in [0.15, 0.2) is 0 Å². The predicted molar refractivity (Wildman–Crippen MR) is 87.5 cm³/mol. The van der Waals surface area contributed by atoms with Gasteiger partial charge in [0.05, 0.1) is 20.8 Å². The van der Waals surface area contributed by atoms with Crippen molar-refractivity contribution in [3.05, 3.63) is 40.7 Å². The number of nitrogens with two attached hydrogens (primary N) is 1. The standard InChI is InChI=1S/C14H20Cl2N2OS/c1-4-5-6-10(9-14(2,3)20(17)19)11-7-8-18-13(16)12(11)15/h4,7-8,10H,1,5-6,9,17H2,2-3H3/t10-,20?/m0/s1. The van der Waals surface area contributed by atoms with E-state index in [0.29, 0.717) is 16.6 Å². The van der Waals surface area contributed by atoms with Crippen LogP contribution in [0.2, 0.25) is 10.2 Å². The molecule has 112 valence electrons. The normalized spacial score (nSPS) is 14.8. The van der Waals surface area contributed by atoms with Gasteiger partial charge < -0.3 is 0 Å². The van der Waals surface area contributed by atoms with Crippen LogP contribution < -0.4 is 5.14 Å². The third-order valence-electron chi connectivity index (χ3n) is 3.32. The molecule has 3 nitrogen and oxygen atoms in total. The van der Waals surface area contributed by atoms with E-state index in [-0.39, 0.29) is 5.92 Å². The summed E-state index contributed by atoms with van der Waals surface area (Å²) in [6, 6.07) is 1.86. The van der Waals surface area contributed by atoms with Crippen LogP contribution in [-0.4, -0.2) is 13.9 Å². The molecule has 6 heteroatoms. The number of pyridine rings is 1. The van der Waals surface area contributed by atoms with Crippen LogP contribution in [0, 0.1) is 0 Å². The zero-order valence-electron chi connectivity index (χ0n) is 11.7. The molecule has 0 amide bonds. The SMILES string of the molecule is C=CCC[C@@H](CC(C)(C)S(N)=O)c1ccnc(Cl)c1Cl. The summed E-state index contributed by atoms with van der Waals surface area (Å²) in [6.07, 6.45) is 5.84. The quantitative estimate of drug-likeness (QED) is 0.599. The Bertz CT molecular complexity index is 506. The lowest BCUT2D eigenvalue weighted by atomic mass is 9.87. The van der Waals surface area contributed by atoms with E-state index in [9.17, 15) is 4.21 Å². The van der Waals surface area contributed by atoms with E-state index in [1.807, 2.05) is 26.0 Å². The second kappa shape index (κ2) is 7.55. The van der Waals surface area contributed by atoms with Crippen LogP contribution in [0.3, 0.4) is 0 Å². The number of aromatic nitrogens is 1. The van der Waals surface area contributed by atoms with E-state index in [4.69, 9.17) is 28.3 Å². The maximum absolute atomic E-state index is 11.7. The van der Waals surface area contributed by atoms with Gasteiger partial charge in [0, 0.05) is 6.20 Å². The van der Waals surface area contributed by atoms with Crippen molar-refractivity contribution in [1.82, 2.24) is 4.98 Å². The highest BCUT2D eigenvalue weighted by molar-refractivity contribution is 7.84. The fourth-order valence-corrected chi connectivity index (χ4v) is 2.91. The molecule has 20 heavy (non-hydrogen) atoms. The number of rotatable bonds is 7. The molecule has 0 spiro atoms. The first-order chi connectivity index (χ1) is 9.29.